The molecule has 5 nitrogen and oxygen atoms in total. The Kier molecular flexibility index (Phi) is 3.64. The second kappa shape index (κ2) is 5.60. The van der Waals surface area contributed by atoms with Crippen LogP contribution < -0.4 is 5.32 Å². The maximum atomic E-state index is 12.3. The molecule has 3 rings (SSSR count). The zero-order valence-corrected chi connectivity index (χ0v) is 11.6. The van der Waals surface area contributed by atoms with Gasteiger partial charge in [0.15, 0.2) is 0 Å². The molecule has 21 heavy (non-hydrogen) atoms. The molecule has 0 spiro atoms. The van der Waals surface area contributed by atoms with E-state index in [0.717, 1.165) is 30.2 Å². The van der Waals surface area contributed by atoms with Crippen molar-refractivity contribution in [2.45, 2.75) is 31.7 Å². The number of benzene rings is 1. The van der Waals surface area contributed by atoms with E-state index in [9.17, 15) is 14.7 Å². The van der Waals surface area contributed by atoms with Gasteiger partial charge in [0.25, 0.3) is 5.91 Å². The molecule has 2 aromatic rings. The minimum absolute atomic E-state index is 0.232. The number of aromatic amines is 1. The molecule has 2 atom stereocenters. The fourth-order valence-electron chi connectivity index (χ4n) is 3.04. The van der Waals surface area contributed by atoms with E-state index < -0.39 is 11.9 Å². The number of H-pyrrole nitrogens is 1. The lowest BCUT2D eigenvalue weighted by Crippen LogP contribution is -2.45. The van der Waals surface area contributed by atoms with Crippen LogP contribution in [0.25, 0.3) is 10.9 Å². The average molecular weight is 286 g/mol. The predicted molar refractivity (Wildman–Crippen MR) is 79.1 cm³/mol. The molecule has 3 N–H and O–H groups in total. The molecule has 1 amide bonds. The van der Waals surface area contributed by atoms with Gasteiger partial charge in [-0.05, 0) is 25.0 Å². The van der Waals surface area contributed by atoms with Crippen LogP contribution in [0.15, 0.2) is 30.3 Å². The van der Waals surface area contributed by atoms with Crippen molar-refractivity contribution in [1.29, 1.82) is 0 Å². The molecule has 0 radical (unpaired) electrons. The molecule has 5 heteroatoms. The first kappa shape index (κ1) is 13.7. The van der Waals surface area contributed by atoms with E-state index in [2.05, 4.69) is 10.3 Å². The number of carboxylic acid groups (broad SMARTS) is 1. The Labute approximate surface area is 122 Å². The Bertz CT molecular complexity index is 644. The van der Waals surface area contributed by atoms with Gasteiger partial charge in [0.2, 0.25) is 0 Å². The summed E-state index contributed by atoms with van der Waals surface area (Å²) in [7, 11) is 0. The monoisotopic (exact) mass is 286 g/mol. The lowest BCUT2D eigenvalue weighted by Gasteiger charge is -2.29. The highest BCUT2D eigenvalue weighted by molar-refractivity contribution is 5.98. The van der Waals surface area contributed by atoms with Gasteiger partial charge in [0.1, 0.15) is 5.69 Å². The number of carboxylic acids is 1. The third kappa shape index (κ3) is 2.77. The number of carbonyl (C=O) groups is 2. The Morgan fingerprint density at radius 2 is 1.95 bits per heavy atom. The standard InChI is InChI=1S/C16H18N2O3/c19-15(14-9-10-5-1-3-7-12(10)17-14)18-13-8-4-2-6-11(13)16(20)21/h1,3,5,7,9,11,13,17H,2,4,6,8H2,(H,18,19)(H,20,21). The Balaban J connectivity index is 1.77. The summed E-state index contributed by atoms with van der Waals surface area (Å²) in [4.78, 5) is 26.6. The predicted octanol–water partition coefficient (Wildman–Crippen LogP) is 2.54. The van der Waals surface area contributed by atoms with Crippen molar-refractivity contribution < 1.29 is 14.7 Å². The van der Waals surface area contributed by atoms with Crippen LogP contribution in [-0.4, -0.2) is 28.0 Å². The number of aromatic nitrogens is 1. The van der Waals surface area contributed by atoms with Crippen molar-refractivity contribution in [3.05, 3.63) is 36.0 Å². The second-order valence-electron chi connectivity index (χ2n) is 5.58. The summed E-state index contributed by atoms with van der Waals surface area (Å²) >= 11 is 0. The van der Waals surface area contributed by atoms with Gasteiger partial charge in [-0.2, -0.15) is 0 Å². The van der Waals surface area contributed by atoms with Crippen LogP contribution >= 0.6 is 0 Å². The molecule has 1 heterocycles. The summed E-state index contributed by atoms with van der Waals surface area (Å²) in [5.41, 5.74) is 1.38. The zero-order chi connectivity index (χ0) is 14.8. The van der Waals surface area contributed by atoms with E-state index in [1.807, 2.05) is 24.3 Å². The van der Waals surface area contributed by atoms with Crippen molar-refractivity contribution in [1.82, 2.24) is 10.3 Å². The molecule has 2 unspecified atom stereocenters. The number of fused-ring (bicyclic) bond motifs is 1. The molecule has 0 saturated heterocycles. The van der Waals surface area contributed by atoms with Crippen molar-refractivity contribution in [2.75, 3.05) is 0 Å². The summed E-state index contributed by atoms with van der Waals surface area (Å²) in [6.07, 6.45) is 3.23. The first-order valence-electron chi connectivity index (χ1n) is 7.26. The van der Waals surface area contributed by atoms with Gasteiger partial charge in [-0.3, -0.25) is 9.59 Å². The molecule has 110 valence electrons. The third-order valence-electron chi connectivity index (χ3n) is 4.17. The smallest absolute Gasteiger partial charge is 0.308 e. The fraction of sp³-hybridized carbons (Fsp3) is 0.375. The first-order chi connectivity index (χ1) is 10.1. The van der Waals surface area contributed by atoms with Crippen LogP contribution in [0, 0.1) is 5.92 Å². The number of amides is 1. The van der Waals surface area contributed by atoms with Gasteiger partial charge in [-0.25, -0.2) is 0 Å². The quantitative estimate of drug-likeness (QED) is 0.811. The Morgan fingerprint density at radius 3 is 2.71 bits per heavy atom. The van der Waals surface area contributed by atoms with Crippen LogP contribution in [0.5, 0.6) is 0 Å². The molecular formula is C16H18N2O3. The van der Waals surface area contributed by atoms with Crippen LogP contribution in [0.3, 0.4) is 0 Å². The van der Waals surface area contributed by atoms with E-state index >= 15 is 0 Å². The minimum atomic E-state index is -0.823. The van der Waals surface area contributed by atoms with Crippen LogP contribution in [0.1, 0.15) is 36.2 Å². The van der Waals surface area contributed by atoms with E-state index in [1.165, 1.54) is 0 Å². The SMILES string of the molecule is O=C(NC1CCCCC1C(=O)O)c1cc2ccccc2[nH]1. The van der Waals surface area contributed by atoms with Crippen molar-refractivity contribution >= 4 is 22.8 Å². The Hall–Kier alpha value is -2.30. The largest absolute Gasteiger partial charge is 0.481 e. The molecule has 1 aromatic heterocycles. The van der Waals surface area contributed by atoms with Gasteiger partial charge in [-0.15, -0.1) is 0 Å². The molecule has 1 aromatic carbocycles. The Morgan fingerprint density at radius 1 is 1.19 bits per heavy atom. The van der Waals surface area contributed by atoms with E-state index in [4.69, 9.17) is 0 Å². The average Bonchev–Trinajstić information content (AvgIpc) is 2.91. The molecule has 1 fully saturated rings. The maximum Gasteiger partial charge on any atom is 0.308 e. The molecule has 0 aliphatic heterocycles. The number of hydrogen-bond acceptors (Lipinski definition) is 2. The highest BCUT2D eigenvalue weighted by atomic mass is 16.4. The van der Waals surface area contributed by atoms with Crippen molar-refractivity contribution in [2.24, 2.45) is 5.92 Å². The third-order valence-corrected chi connectivity index (χ3v) is 4.17. The summed E-state index contributed by atoms with van der Waals surface area (Å²) in [6, 6.07) is 9.18. The summed E-state index contributed by atoms with van der Waals surface area (Å²) in [6.45, 7) is 0. The number of para-hydroxylation sites is 1. The zero-order valence-electron chi connectivity index (χ0n) is 11.6. The second-order valence-corrected chi connectivity index (χ2v) is 5.58. The number of hydrogen-bond donors (Lipinski definition) is 3. The minimum Gasteiger partial charge on any atom is -0.481 e. The molecule has 1 saturated carbocycles. The lowest BCUT2D eigenvalue weighted by molar-refractivity contribution is -0.143. The van der Waals surface area contributed by atoms with Crippen molar-refractivity contribution in [3.8, 4) is 0 Å². The highest BCUT2D eigenvalue weighted by Gasteiger charge is 2.32. The molecule has 0 bridgehead atoms. The van der Waals surface area contributed by atoms with Gasteiger partial charge >= 0.3 is 5.97 Å². The van der Waals surface area contributed by atoms with Crippen molar-refractivity contribution in [3.63, 3.8) is 0 Å². The highest BCUT2D eigenvalue weighted by Crippen LogP contribution is 2.25. The van der Waals surface area contributed by atoms with Gasteiger partial charge in [0.05, 0.1) is 5.92 Å². The van der Waals surface area contributed by atoms with Gasteiger partial charge in [-0.1, -0.05) is 31.0 Å². The molecule has 1 aliphatic rings. The maximum absolute atomic E-state index is 12.3. The van der Waals surface area contributed by atoms with Crippen LogP contribution in [0.2, 0.25) is 0 Å². The van der Waals surface area contributed by atoms with E-state index in [0.29, 0.717) is 12.1 Å². The van der Waals surface area contributed by atoms with E-state index in [-0.39, 0.29) is 11.9 Å². The first-order valence-corrected chi connectivity index (χ1v) is 7.26. The number of rotatable bonds is 3. The van der Waals surface area contributed by atoms with Gasteiger partial charge in [0, 0.05) is 16.9 Å². The van der Waals surface area contributed by atoms with Crippen LogP contribution in [0.4, 0.5) is 0 Å². The number of nitrogens with one attached hydrogen (secondary N) is 2. The molecule has 1 aliphatic carbocycles. The summed E-state index contributed by atoms with van der Waals surface area (Å²) in [5, 5.41) is 13.1. The summed E-state index contributed by atoms with van der Waals surface area (Å²) < 4.78 is 0. The number of carbonyl (C=O) groups excluding carboxylic acids is 1. The topological polar surface area (TPSA) is 82.2 Å². The molecular weight excluding hydrogens is 268 g/mol. The number of aliphatic carboxylic acids is 1. The summed E-state index contributed by atoms with van der Waals surface area (Å²) in [5.74, 6) is -1.53. The normalized spacial score (nSPS) is 22.1. The van der Waals surface area contributed by atoms with Gasteiger partial charge < -0.3 is 15.4 Å². The fourth-order valence-corrected chi connectivity index (χ4v) is 3.04. The van der Waals surface area contributed by atoms with Crippen LogP contribution in [-0.2, 0) is 4.79 Å². The van der Waals surface area contributed by atoms with E-state index in [1.54, 1.807) is 6.07 Å². The lowest BCUT2D eigenvalue weighted by atomic mass is 9.84.